The fraction of sp³-hybridized carbons (Fsp3) is 0.290. The van der Waals surface area contributed by atoms with Crippen molar-refractivity contribution in [1.29, 1.82) is 0 Å². The molecule has 1 N–H and O–H groups in total. The summed E-state index contributed by atoms with van der Waals surface area (Å²) < 4.78 is 13.0. The molecule has 0 bridgehead atoms. The number of tetrazole rings is 1. The predicted molar refractivity (Wildman–Crippen MR) is 152 cm³/mol. The van der Waals surface area contributed by atoms with E-state index < -0.39 is 0 Å². The molecule has 0 radical (unpaired) electrons. The lowest BCUT2D eigenvalue weighted by molar-refractivity contribution is 0.161. The Labute approximate surface area is 232 Å². The highest BCUT2D eigenvalue weighted by molar-refractivity contribution is 5.85. The van der Waals surface area contributed by atoms with E-state index in [0.717, 1.165) is 56.9 Å². The maximum Gasteiger partial charge on any atom is 0.252 e. The van der Waals surface area contributed by atoms with E-state index in [1.54, 1.807) is 0 Å². The Hall–Kier alpha value is -4.50. The van der Waals surface area contributed by atoms with E-state index in [1.807, 2.05) is 60.1 Å². The molecule has 40 heavy (non-hydrogen) atoms. The van der Waals surface area contributed by atoms with Crippen molar-refractivity contribution in [1.82, 2.24) is 30.1 Å². The van der Waals surface area contributed by atoms with Gasteiger partial charge in [0.25, 0.3) is 5.56 Å². The third kappa shape index (κ3) is 5.08. The van der Waals surface area contributed by atoms with Crippen LogP contribution in [0, 0.1) is 13.8 Å². The largest absolute Gasteiger partial charge is 0.454 e. The molecule has 0 spiro atoms. The maximum absolute atomic E-state index is 13.4. The van der Waals surface area contributed by atoms with Gasteiger partial charge in [-0.2, -0.15) is 0 Å². The molecule has 9 nitrogen and oxygen atoms in total. The lowest BCUT2D eigenvalue weighted by Gasteiger charge is -2.30. The molecule has 3 heterocycles. The smallest absolute Gasteiger partial charge is 0.252 e. The molecule has 9 heteroatoms. The van der Waals surface area contributed by atoms with Crippen LogP contribution < -0.4 is 15.0 Å². The van der Waals surface area contributed by atoms with Gasteiger partial charge in [-0.25, -0.2) is 4.68 Å². The Morgan fingerprint density at radius 3 is 2.58 bits per heavy atom. The third-order valence-electron chi connectivity index (χ3n) is 7.58. The highest BCUT2D eigenvalue weighted by atomic mass is 16.7. The van der Waals surface area contributed by atoms with Gasteiger partial charge in [0, 0.05) is 24.0 Å². The molecule has 204 valence electrons. The Morgan fingerprint density at radius 2 is 1.75 bits per heavy atom. The molecule has 6 rings (SSSR count). The second-order valence-electron chi connectivity index (χ2n) is 10.3. The fourth-order valence-electron chi connectivity index (χ4n) is 5.43. The summed E-state index contributed by atoms with van der Waals surface area (Å²) in [5.41, 5.74) is 5.83. The van der Waals surface area contributed by atoms with Gasteiger partial charge >= 0.3 is 0 Å². The van der Waals surface area contributed by atoms with Gasteiger partial charge in [0.2, 0.25) is 6.79 Å². The molecule has 3 aromatic carbocycles. The lowest BCUT2D eigenvalue weighted by Crippen LogP contribution is -2.32. The third-order valence-corrected chi connectivity index (χ3v) is 7.58. The quantitative estimate of drug-likeness (QED) is 0.281. The molecule has 2 aromatic heterocycles. The van der Waals surface area contributed by atoms with E-state index in [0.29, 0.717) is 25.2 Å². The molecule has 1 unspecified atom stereocenters. The first-order valence-electron chi connectivity index (χ1n) is 13.5. The van der Waals surface area contributed by atoms with Gasteiger partial charge < -0.3 is 14.5 Å². The van der Waals surface area contributed by atoms with Gasteiger partial charge in [-0.1, -0.05) is 55.5 Å². The van der Waals surface area contributed by atoms with Gasteiger partial charge in [0.05, 0.1) is 18.1 Å². The fourth-order valence-corrected chi connectivity index (χ4v) is 5.43. The minimum absolute atomic E-state index is 0.0874. The van der Waals surface area contributed by atoms with Crippen molar-refractivity contribution in [3.05, 3.63) is 111 Å². The summed E-state index contributed by atoms with van der Waals surface area (Å²) in [6.45, 7) is 7.98. The van der Waals surface area contributed by atoms with Crippen LogP contribution in [0.1, 0.15) is 53.0 Å². The Kier molecular flexibility index (Phi) is 7.04. The highest BCUT2D eigenvalue weighted by Gasteiger charge is 2.27. The number of nitrogens with zero attached hydrogens (tertiary/aromatic N) is 5. The molecule has 0 fully saturated rings. The molecule has 0 aliphatic carbocycles. The highest BCUT2D eigenvalue weighted by Crippen LogP contribution is 2.34. The number of rotatable bonds is 9. The summed E-state index contributed by atoms with van der Waals surface area (Å²) in [6.07, 6.45) is 0.753. The van der Waals surface area contributed by atoms with E-state index in [1.165, 1.54) is 0 Å². The normalized spacial score (nSPS) is 13.3. The maximum atomic E-state index is 13.4. The predicted octanol–water partition coefficient (Wildman–Crippen LogP) is 5.06. The zero-order chi connectivity index (χ0) is 27.6. The van der Waals surface area contributed by atoms with Gasteiger partial charge in [-0.15, -0.1) is 5.10 Å². The van der Waals surface area contributed by atoms with Crippen LogP contribution in [0.5, 0.6) is 11.5 Å². The molecule has 0 amide bonds. The van der Waals surface area contributed by atoms with E-state index >= 15 is 0 Å². The first-order valence-corrected chi connectivity index (χ1v) is 13.5. The zero-order valence-corrected chi connectivity index (χ0v) is 22.9. The molecular formula is C31H32N6O3. The summed E-state index contributed by atoms with van der Waals surface area (Å²) in [5.74, 6) is 2.23. The van der Waals surface area contributed by atoms with Crippen molar-refractivity contribution < 1.29 is 9.47 Å². The van der Waals surface area contributed by atoms with Crippen molar-refractivity contribution in [2.45, 2.75) is 52.9 Å². The Balaban J connectivity index is 1.39. The number of benzene rings is 3. The number of hydrogen-bond donors (Lipinski definition) is 1. The average molecular weight is 537 g/mol. The van der Waals surface area contributed by atoms with E-state index in [4.69, 9.17) is 9.47 Å². The topological polar surface area (TPSA) is 98.2 Å². The van der Waals surface area contributed by atoms with Crippen LogP contribution >= 0.6 is 0 Å². The molecular weight excluding hydrogens is 504 g/mol. The van der Waals surface area contributed by atoms with Crippen molar-refractivity contribution >= 4 is 10.9 Å². The minimum atomic E-state index is -0.141. The molecule has 1 aliphatic heterocycles. The monoisotopic (exact) mass is 536 g/mol. The number of aryl methyl sites for hydroxylation is 2. The van der Waals surface area contributed by atoms with Crippen LogP contribution in [0.15, 0.2) is 71.5 Å². The minimum Gasteiger partial charge on any atom is -0.454 e. The van der Waals surface area contributed by atoms with Crippen LogP contribution in [-0.4, -0.2) is 36.9 Å². The van der Waals surface area contributed by atoms with Crippen LogP contribution in [0.25, 0.3) is 10.9 Å². The van der Waals surface area contributed by atoms with Gasteiger partial charge in [0.1, 0.15) is 0 Å². The number of pyridine rings is 1. The van der Waals surface area contributed by atoms with Gasteiger partial charge in [-0.3, -0.25) is 9.69 Å². The first kappa shape index (κ1) is 25.8. The zero-order valence-electron chi connectivity index (χ0n) is 22.9. The van der Waals surface area contributed by atoms with E-state index in [2.05, 4.69) is 57.5 Å². The number of ether oxygens (including phenoxy) is 2. The van der Waals surface area contributed by atoms with Gasteiger partial charge in [0.15, 0.2) is 17.3 Å². The second-order valence-corrected chi connectivity index (χ2v) is 10.3. The van der Waals surface area contributed by atoms with Gasteiger partial charge in [-0.05, 0) is 71.1 Å². The summed E-state index contributed by atoms with van der Waals surface area (Å²) >= 11 is 0. The first-order chi connectivity index (χ1) is 19.5. The van der Waals surface area contributed by atoms with Crippen molar-refractivity contribution in [2.24, 2.45) is 0 Å². The second kappa shape index (κ2) is 10.9. The van der Waals surface area contributed by atoms with Crippen LogP contribution in [0.3, 0.4) is 0 Å². The van der Waals surface area contributed by atoms with Crippen molar-refractivity contribution in [3.63, 3.8) is 0 Å². The SMILES string of the molecule is CCC(c1nnnn1Cc1ccccc1)N(Cc1ccc2c(c1)OCO2)Cc1cc2c(C)ccc(C)c2[nH]c1=O. The number of aromatic amines is 1. The summed E-state index contributed by atoms with van der Waals surface area (Å²) in [5, 5.41) is 13.9. The summed E-state index contributed by atoms with van der Waals surface area (Å²) in [4.78, 5) is 18.8. The summed E-state index contributed by atoms with van der Waals surface area (Å²) in [7, 11) is 0. The number of nitrogens with one attached hydrogen (secondary N) is 1. The van der Waals surface area contributed by atoms with Crippen molar-refractivity contribution in [3.8, 4) is 11.5 Å². The number of H-pyrrole nitrogens is 1. The Morgan fingerprint density at radius 1 is 0.950 bits per heavy atom. The lowest BCUT2D eigenvalue weighted by atomic mass is 10.0. The standard InChI is InChI=1S/C31H32N6O3/c1-4-26(30-33-34-35-37(30)17-22-8-6-5-7-9-22)36(16-23-12-13-27-28(14-23)40-19-39-27)18-24-15-25-20(2)10-11-21(3)29(25)32-31(24)38/h5-15,26H,4,16-19H2,1-3H3,(H,32,38). The number of aromatic nitrogens is 5. The molecule has 5 aromatic rings. The Bertz CT molecular complexity index is 1710. The van der Waals surface area contributed by atoms with E-state index in [-0.39, 0.29) is 18.4 Å². The van der Waals surface area contributed by atoms with Crippen LogP contribution in [-0.2, 0) is 19.6 Å². The number of fused-ring (bicyclic) bond motifs is 2. The summed E-state index contributed by atoms with van der Waals surface area (Å²) in [6, 6.07) is 22.2. The van der Waals surface area contributed by atoms with Crippen LogP contribution in [0.2, 0.25) is 0 Å². The average Bonchev–Trinajstić information content (AvgIpc) is 3.62. The molecule has 0 saturated heterocycles. The number of hydrogen-bond acceptors (Lipinski definition) is 7. The van der Waals surface area contributed by atoms with E-state index in [9.17, 15) is 4.79 Å². The molecule has 1 atom stereocenters. The van der Waals surface area contributed by atoms with Crippen LogP contribution in [0.4, 0.5) is 0 Å². The molecule has 1 aliphatic rings. The van der Waals surface area contributed by atoms with Crippen molar-refractivity contribution in [2.75, 3.05) is 6.79 Å². The molecule has 0 saturated carbocycles.